The molecule has 8 heteroatoms. The van der Waals surface area contributed by atoms with E-state index in [4.69, 9.17) is 4.74 Å². The molecule has 28 heavy (non-hydrogen) atoms. The van der Waals surface area contributed by atoms with Crippen LogP contribution in [0, 0.1) is 0 Å². The second kappa shape index (κ2) is 7.89. The number of ether oxygens (including phenoxy) is 1. The molecule has 1 atom stereocenters. The Hall–Kier alpha value is -2.45. The number of nitrogens with zero attached hydrogens (tertiary/aromatic N) is 2. The maximum Gasteiger partial charge on any atom is 0.342 e. The highest BCUT2D eigenvalue weighted by Crippen LogP contribution is 2.35. The zero-order valence-corrected chi connectivity index (χ0v) is 17.1. The SMILES string of the molecule is CC(C)(C)OC(Cc1ccc(N2CCCNC2=O)cc1)(C(=O)O)c1cscn1. The monoisotopic (exact) mass is 403 g/mol. The summed E-state index contributed by atoms with van der Waals surface area (Å²) < 4.78 is 6.07. The van der Waals surface area contributed by atoms with Crippen molar-refractivity contribution in [2.75, 3.05) is 18.0 Å². The van der Waals surface area contributed by atoms with E-state index in [-0.39, 0.29) is 12.5 Å². The number of hydrogen-bond donors (Lipinski definition) is 2. The van der Waals surface area contributed by atoms with Crippen molar-refractivity contribution in [3.63, 3.8) is 0 Å². The number of aliphatic carboxylic acids is 1. The van der Waals surface area contributed by atoms with Crippen molar-refractivity contribution in [3.05, 3.63) is 46.4 Å². The molecule has 1 saturated heterocycles. The van der Waals surface area contributed by atoms with E-state index in [9.17, 15) is 14.7 Å². The lowest BCUT2D eigenvalue weighted by molar-refractivity contribution is -0.188. The van der Waals surface area contributed by atoms with Crippen LogP contribution in [0.5, 0.6) is 0 Å². The van der Waals surface area contributed by atoms with Gasteiger partial charge in [-0.05, 0) is 44.9 Å². The molecular weight excluding hydrogens is 378 g/mol. The maximum atomic E-state index is 12.3. The third kappa shape index (κ3) is 4.34. The van der Waals surface area contributed by atoms with Crippen LogP contribution in [0.1, 0.15) is 38.4 Å². The van der Waals surface area contributed by atoms with Crippen molar-refractivity contribution < 1.29 is 19.4 Å². The Bertz CT molecular complexity index is 830. The molecule has 150 valence electrons. The van der Waals surface area contributed by atoms with Crippen molar-refractivity contribution in [1.29, 1.82) is 0 Å². The van der Waals surface area contributed by atoms with Crippen LogP contribution in [0.25, 0.3) is 0 Å². The molecule has 1 aliphatic heterocycles. The lowest BCUT2D eigenvalue weighted by Gasteiger charge is -2.35. The number of anilines is 1. The van der Waals surface area contributed by atoms with E-state index in [0.717, 1.165) is 17.7 Å². The highest BCUT2D eigenvalue weighted by molar-refractivity contribution is 7.07. The third-order valence-electron chi connectivity index (χ3n) is 4.45. The molecule has 0 saturated carbocycles. The van der Waals surface area contributed by atoms with Crippen LogP contribution in [0.15, 0.2) is 35.2 Å². The number of carbonyl (C=O) groups excluding carboxylic acids is 1. The number of carboxylic acids is 1. The van der Waals surface area contributed by atoms with Crippen LogP contribution >= 0.6 is 11.3 Å². The van der Waals surface area contributed by atoms with E-state index < -0.39 is 17.2 Å². The predicted molar refractivity (Wildman–Crippen MR) is 108 cm³/mol. The summed E-state index contributed by atoms with van der Waals surface area (Å²) in [6, 6.07) is 7.24. The van der Waals surface area contributed by atoms with Gasteiger partial charge in [0.1, 0.15) is 0 Å². The summed E-state index contributed by atoms with van der Waals surface area (Å²) in [4.78, 5) is 30.3. The lowest BCUT2D eigenvalue weighted by Crippen LogP contribution is -2.47. The Morgan fingerprint density at radius 1 is 1.32 bits per heavy atom. The van der Waals surface area contributed by atoms with Gasteiger partial charge >= 0.3 is 12.0 Å². The van der Waals surface area contributed by atoms with Gasteiger partial charge in [0.2, 0.25) is 5.60 Å². The minimum Gasteiger partial charge on any atom is -0.479 e. The number of hydrogen-bond acceptors (Lipinski definition) is 5. The van der Waals surface area contributed by atoms with Gasteiger partial charge in [-0.1, -0.05) is 12.1 Å². The van der Waals surface area contributed by atoms with Crippen LogP contribution in [0.3, 0.4) is 0 Å². The Morgan fingerprint density at radius 2 is 2.04 bits per heavy atom. The first kappa shape index (κ1) is 20.3. The number of aromatic nitrogens is 1. The average molecular weight is 404 g/mol. The van der Waals surface area contributed by atoms with Gasteiger partial charge in [-0.15, -0.1) is 11.3 Å². The van der Waals surface area contributed by atoms with Gasteiger partial charge < -0.3 is 15.2 Å². The van der Waals surface area contributed by atoms with Crippen molar-refractivity contribution in [2.24, 2.45) is 0 Å². The number of amides is 2. The smallest absolute Gasteiger partial charge is 0.342 e. The summed E-state index contributed by atoms with van der Waals surface area (Å²) in [5.41, 5.74) is 1.32. The van der Waals surface area contributed by atoms with E-state index in [1.165, 1.54) is 11.3 Å². The molecule has 2 heterocycles. The standard InChI is InChI=1S/C20H25N3O4S/c1-19(2,3)27-20(17(24)25,16-12-28-13-22-16)11-14-5-7-15(8-6-14)23-10-4-9-21-18(23)26/h5-8,12-13H,4,9-11H2,1-3H3,(H,21,26)(H,24,25). The fraction of sp³-hybridized carbons (Fsp3) is 0.450. The first-order valence-corrected chi connectivity index (χ1v) is 10.1. The zero-order chi connectivity index (χ0) is 20.4. The van der Waals surface area contributed by atoms with E-state index >= 15 is 0 Å². The molecule has 0 radical (unpaired) electrons. The van der Waals surface area contributed by atoms with Crippen molar-refractivity contribution >= 4 is 29.0 Å². The van der Waals surface area contributed by atoms with E-state index in [0.29, 0.717) is 18.8 Å². The van der Waals surface area contributed by atoms with E-state index in [1.807, 2.05) is 45.0 Å². The first-order valence-electron chi connectivity index (χ1n) is 9.18. The molecule has 0 spiro atoms. The lowest BCUT2D eigenvalue weighted by atomic mass is 9.90. The Morgan fingerprint density at radius 3 is 2.57 bits per heavy atom. The second-order valence-electron chi connectivity index (χ2n) is 7.80. The summed E-state index contributed by atoms with van der Waals surface area (Å²) in [7, 11) is 0. The van der Waals surface area contributed by atoms with Crippen LogP contribution in [-0.2, 0) is 21.6 Å². The maximum absolute atomic E-state index is 12.3. The molecule has 2 N–H and O–H groups in total. The number of carbonyl (C=O) groups is 2. The molecule has 2 aromatic rings. The van der Waals surface area contributed by atoms with Crippen LogP contribution in [0.4, 0.5) is 10.5 Å². The van der Waals surface area contributed by atoms with Gasteiger partial charge in [0.05, 0.1) is 16.8 Å². The van der Waals surface area contributed by atoms with E-state index in [1.54, 1.807) is 15.8 Å². The van der Waals surface area contributed by atoms with Crippen LogP contribution in [-0.4, -0.2) is 40.8 Å². The summed E-state index contributed by atoms with van der Waals surface area (Å²) in [5, 5.41) is 14.6. The molecule has 1 aromatic heterocycles. The highest BCUT2D eigenvalue weighted by Gasteiger charge is 2.46. The average Bonchev–Trinajstić information content (AvgIpc) is 3.16. The van der Waals surface area contributed by atoms with Crippen LogP contribution in [0.2, 0.25) is 0 Å². The van der Waals surface area contributed by atoms with Gasteiger partial charge in [-0.25, -0.2) is 14.6 Å². The minimum atomic E-state index is -1.58. The number of urea groups is 1. The van der Waals surface area contributed by atoms with Crippen LogP contribution < -0.4 is 10.2 Å². The Balaban J connectivity index is 1.90. The molecule has 2 amide bonds. The number of nitrogens with one attached hydrogen (secondary N) is 1. The number of benzene rings is 1. The molecule has 1 aromatic carbocycles. The summed E-state index contributed by atoms with van der Waals surface area (Å²) in [5.74, 6) is -1.08. The van der Waals surface area contributed by atoms with Crippen molar-refractivity contribution in [3.8, 4) is 0 Å². The van der Waals surface area contributed by atoms with Gasteiger partial charge in [-0.3, -0.25) is 4.90 Å². The van der Waals surface area contributed by atoms with Gasteiger partial charge in [0.15, 0.2) is 0 Å². The summed E-state index contributed by atoms with van der Waals surface area (Å²) in [6.45, 7) is 6.84. The number of carboxylic acid groups (broad SMARTS) is 1. The molecular formula is C20H25N3O4S. The second-order valence-corrected chi connectivity index (χ2v) is 8.52. The molecule has 1 aliphatic rings. The fourth-order valence-corrected chi connectivity index (χ4v) is 3.91. The molecule has 0 bridgehead atoms. The Labute approximate surface area is 168 Å². The fourth-order valence-electron chi connectivity index (χ4n) is 3.30. The normalized spacial score (nSPS) is 17.1. The van der Waals surface area contributed by atoms with E-state index in [2.05, 4.69) is 10.3 Å². The minimum absolute atomic E-state index is 0.113. The molecule has 3 rings (SSSR count). The predicted octanol–water partition coefficient (Wildman–Crippen LogP) is 3.40. The largest absolute Gasteiger partial charge is 0.479 e. The molecule has 0 aliphatic carbocycles. The quantitative estimate of drug-likeness (QED) is 0.771. The topological polar surface area (TPSA) is 91.8 Å². The van der Waals surface area contributed by atoms with Gasteiger partial charge in [0.25, 0.3) is 0 Å². The molecule has 1 unspecified atom stereocenters. The number of rotatable bonds is 6. The van der Waals surface area contributed by atoms with Crippen molar-refractivity contribution in [1.82, 2.24) is 10.3 Å². The van der Waals surface area contributed by atoms with Gasteiger partial charge in [-0.2, -0.15) is 0 Å². The Kier molecular flexibility index (Phi) is 5.71. The van der Waals surface area contributed by atoms with Gasteiger partial charge in [0, 0.05) is 30.6 Å². The third-order valence-corrected chi connectivity index (χ3v) is 5.04. The molecule has 7 nitrogen and oxygen atoms in total. The zero-order valence-electron chi connectivity index (χ0n) is 16.3. The summed E-state index contributed by atoms with van der Waals surface area (Å²) >= 11 is 1.34. The first-order chi connectivity index (χ1) is 13.2. The molecule has 1 fully saturated rings. The number of thiazole rings is 1. The van der Waals surface area contributed by atoms with Crippen molar-refractivity contribution in [2.45, 2.75) is 44.8 Å². The highest BCUT2D eigenvalue weighted by atomic mass is 32.1. The summed E-state index contributed by atoms with van der Waals surface area (Å²) in [6.07, 6.45) is 1.02.